The summed E-state index contributed by atoms with van der Waals surface area (Å²) in [6.45, 7) is 12.0. The topological polar surface area (TPSA) is 12.5 Å². The third-order valence-electron chi connectivity index (χ3n) is 5.93. The second kappa shape index (κ2) is 6.53. The van der Waals surface area contributed by atoms with Crippen molar-refractivity contribution in [2.24, 2.45) is 5.92 Å². The molecule has 3 heterocycles. The number of methoxy groups -OCH3 is 1. The molecule has 2 unspecified atom stereocenters. The van der Waals surface area contributed by atoms with E-state index >= 15 is 0 Å². The van der Waals surface area contributed by atoms with Crippen molar-refractivity contribution in [1.29, 1.82) is 0 Å². The summed E-state index contributed by atoms with van der Waals surface area (Å²) in [5, 5.41) is 0. The summed E-state index contributed by atoms with van der Waals surface area (Å²) in [5.74, 6) is 1.54. The smallest absolute Gasteiger partial charge is 0.145 e. The lowest BCUT2D eigenvalue weighted by molar-refractivity contribution is 0.282. The zero-order valence-corrected chi connectivity index (χ0v) is 16.7. The van der Waals surface area contributed by atoms with Gasteiger partial charge in [-0.05, 0) is 25.5 Å². The number of hydrogen-bond donors (Lipinski definition) is 0. The average molecular weight is 342 g/mol. The number of benzene rings is 1. The number of allylic oxidation sites excluding steroid dienone is 1. The SMILES string of the molecule is C=C1CC2C3=C(CCN1C2C)c1cc(OC)ccc1[N+]3(C)C.CCC. The summed E-state index contributed by atoms with van der Waals surface area (Å²) in [7, 11) is 6.41. The lowest BCUT2D eigenvalue weighted by Gasteiger charge is -2.32. The van der Waals surface area contributed by atoms with E-state index in [-0.39, 0.29) is 0 Å². The van der Waals surface area contributed by atoms with Crippen LogP contribution < -0.4 is 9.22 Å². The molecule has 0 amide bonds. The Bertz CT molecular complexity index is 717. The zero-order valence-electron chi connectivity index (χ0n) is 16.7. The zero-order chi connectivity index (χ0) is 18.4. The second-order valence-electron chi connectivity index (χ2n) is 7.97. The molecule has 136 valence electrons. The molecule has 2 atom stereocenters. The van der Waals surface area contributed by atoms with Crippen molar-refractivity contribution in [3.05, 3.63) is 41.7 Å². The largest absolute Gasteiger partial charge is 0.497 e. The highest BCUT2D eigenvalue weighted by atomic mass is 16.5. The third kappa shape index (κ3) is 2.69. The Morgan fingerprint density at radius 2 is 1.96 bits per heavy atom. The van der Waals surface area contributed by atoms with Crippen molar-refractivity contribution < 1.29 is 4.74 Å². The van der Waals surface area contributed by atoms with Gasteiger partial charge in [0.1, 0.15) is 17.1 Å². The fourth-order valence-electron chi connectivity index (χ4n) is 4.84. The van der Waals surface area contributed by atoms with Crippen LogP contribution in [0, 0.1) is 5.92 Å². The number of fused-ring (bicyclic) bond motifs is 5. The van der Waals surface area contributed by atoms with E-state index in [9.17, 15) is 0 Å². The summed E-state index contributed by atoms with van der Waals surface area (Å²) in [6.07, 6.45) is 3.46. The molecule has 3 aliphatic heterocycles. The molecule has 3 heteroatoms. The van der Waals surface area contributed by atoms with Gasteiger partial charge < -0.3 is 9.64 Å². The number of ether oxygens (including phenoxy) is 1. The average Bonchev–Trinajstić information content (AvgIpc) is 2.88. The molecule has 0 N–H and O–H groups in total. The van der Waals surface area contributed by atoms with Crippen LogP contribution in [0.4, 0.5) is 5.69 Å². The maximum Gasteiger partial charge on any atom is 0.145 e. The minimum absolute atomic E-state index is 0.564. The highest BCUT2D eigenvalue weighted by molar-refractivity contribution is 5.87. The molecule has 1 saturated heterocycles. The van der Waals surface area contributed by atoms with E-state index in [1.165, 1.54) is 23.4 Å². The van der Waals surface area contributed by atoms with E-state index in [2.05, 4.69) is 64.5 Å². The molecule has 3 aliphatic rings. The summed E-state index contributed by atoms with van der Waals surface area (Å²) in [5.41, 5.74) is 7.26. The van der Waals surface area contributed by atoms with Crippen LogP contribution in [-0.4, -0.2) is 38.7 Å². The minimum Gasteiger partial charge on any atom is -0.497 e. The molecule has 0 aromatic heterocycles. The molecule has 4 rings (SSSR count). The van der Waals surface area contributed by atoms with Gasteiger partial charge in [-0.15, -0.1) is 0 Å². The van der Waals surface area contributed by atoms with Crippen molar-refractivity contribution in [2.75, 3.05) is 27.7 Å². The van der Waals surface area contributed by atoms with Crippen LogP contribution in [0.25, 0.3) is 5.57 Å². The Morgan fingerprint density at radius 1 is 1.28 bits per heavy atom. The minimum atomic E-state index is 0.564. The molecule has 2 bridgehead atoms. The first-order valence-electron chi connectivity index (χ1n) is 9.57. The Labute approximate surface area is 153 Å². The second-order valence-corrected chi connectivity index (χ2v) is 7.97. The number of quaternary nitrogens is 1. The summed E-state index contributed by atoms with van der Waals surface area (Å²) in [6, 6.07) is 7.13. The first-order valence-corrected chi connectivity index (χ1v) is 9.57. The van der Waals surface area contributed by atoms with Crippen LogP contribution in [0.15, 0.2) is 36.2 Å². The highest BCUT2D eigenvalue weighted by Crippen LogP contribution is 2.54. The molecule has 0 saturated carbocycles. The van der Waals surface area contributed by atoms with Crippen molar-refractivity contribution >= 4 is 11.3 Å². The lowest BCUT2D eigenvalue weighted by Crippen LogP contribution is -2.42. The van der Waals surface area contributed by atoms with Crippen LogP contribution in [-0.2, 0) is 0 Å². The Kier molecular flexibility index (Phi) is 4.72. The monoisotopic (exact) mass is 341 g/mol. The van der Waals surface area contributed by atoms with Crippen LogP contribution in [0.3, 0.4) is 0 Å². The first kappa shape index (κ1) is 18.1. The third-order valence-corrected chi connectivity index (χ3v) is 5.93. The summed E-state index contributed by atoms with van der Waals surface area (Å²) < 4.78 is 6.34. The number of nitrogens with zero attached hydrogens (tertiary/aromatic N) is 2. The Morgan fingerprint density at radius 3 is 2.60 bits per heavy atom. The molecule has 1 fully saturated rings. The normalized spacial score (nSPS) is 25.8. The van der Waals surface area contributed by atoms with Crippen LogP contribution in [0.1, 0.15) is 45.6 Å². The van der Waals surface area contributed by atoms with Gasteiger partial charge in [-0.3, -0.25) is 4.48 Å². The number of hydrogen-bond acceptors (Lipinski definition) is 2. The highest BCUT2D eigenvalue weighted by Gasteiger charge is 2.50. The summed E-state index contributed by atoms with van der Waals surface area (Å²) in [4.78, 5) is 2.52. The molecule has 0 spiro atoms. The van der Waals surface area contributed by atoms with Crippen LogP contribution in [0.5, 0.6) is 5.75 Å². The van der Waals surface area contributed by atoms with Gasteiger partial charge >= 0.3 is 0 Å². The molecule has 3 nitrogen and oxygen atoms in total. The lowest BCUT2D eigenvalue weighted by atomic mass is 9.92. The van der Waals surface area contributed by atoms with E-state index in [1.54, 1.807) is 18.4 Å². The van der Waals surface area contributed by atoms with Crippen molar-refractivity contribution in [1.82, 2.24) is 9.38 Å². The Hall–Kier alpha value is -1.74. The van der Waals surface area contributed by atoms with Gasteiger partial charge in [-0.1, -0.05) is 26.8 Å². The first-order chi connectivity index (χ1) is 11.9. The van der Waals surface area contributed by atoms with Gasteiger partial charge in [0.25, 0.3) is 0 Å². The molecule has 1 aromatic rings. The fourth-order valence-corrected chi connectivity index (χ4v) is 4.84. The van der Waals surface area contributed by atoms with E-state index in [4.69, 9.17) is 4.74 Å². The van der Waals surface area contributed by atoms with Gasteiger partial charge in [0.05, 0.1) is 27.1 Å². The molecular formula is C22H33N2O+. The predicted octanol–water partition coefficient (Wildman–Crippen LogP) is 5.03. The van der Waals surface area contributed by atoms with Crippen LogP contribution in [0.2, 0.25) is 0 Å². The molecule has 25 heavy (non-hydrogen) atoms. The van der Waals surface area contributed by atoms with E-state index in [0.29, 0.717) is 12.0 Å². The van der Waals surface area contributed by atoms with Crippen molar-refractivity contribution in [2.45, 2.75) is 46.1 Å². The summed E-state index contributed by atoms with van der Waals surface area (Å²) >= 11 is 0. The van der Waals surface area contributed by atoms with E-state index in [0.717, 1.165) is 29.6 Å². The quantitative estimate of drug-likeness (QED) is 0.664. The van der Waals surface area contributed by atoms with Gasteiger partial charge in [0.2, 0.25) is 0 Å². The molecule has 0 radical (unpaired) electrons. The van der Waals surface area contributed by atoms with Gasteiger partial charge in [0, 0.05) is 41.9 Å². The fraction of sp³-hybridized carbons (Fsp3) is 0.545. The van der Waals surface area contributed by atoms with E-state index in [1.807, 2.05) is 0 Å². The standard InChI is InChI=1S/C19H25N2O.C3H8/c1-12-10-16-13(2)20(12)9-8-15-17-11-14(22-5)6-7-18(17)21(3,4)19(15)16;1-3-2/h6-7,11,13,16H,1,8-10H2,2-5H3;3H2,1-2H3/q+1;. The van der Waals surface area contributed by atoms with Crippen molar-refractivity contribution in [3.63, 3.8) is 0 Å². The predicted molar refractivity (Wildman–Crippen MR) is 108 cm³/mol. The molecule has 0 aliphatic carbocycles. The number of rotatable bonds is 1. The molecular weight excluding hydrogens is 308 g/mol. The van der Waals surface area contributed by atoms with Crippen molar-refractivity contribution in [3.8, 4) is 5.75 Å². The van der Waals surface area contributed by atoms with Gasteiger partial charge in [-0.2, -0.15) is 0 Å². The van der Waals surface area contributed by atoms with Gasteiger partial charge in [-0.25, -0.2) is 0 Å². The molecule has 1 aromatic carbocycles. The van der Waals surface area contributed by atoms with E-state index < -0.39 is 0 Å². The maximum atomic E-state index is 5.46. The van der Waals surface area contributed by atoms with Crippen LogP contribution >= 0.6 is 0 Å². The van der Waals surface area contributed by atoms with Gasteiger partial charge in [0.15, 0.2) is 0 Å². The Balaban J connectivity index is 0.000000569. The maximum absolute atomic E-state index is 5.46.